The van der Waals surface area contributed by atoms with Gasteiger partial charge in [0.2, 0.25) is 0 Å². The van der Waals surface area contributed by atoms with Crippen LogP contribution in [-0.2, 0) is 4.79 Å². The van der Waals surface area contributed by atoms with Gasteiger partial charge in [-0.1, -0.05) is 6.07 Å². The van der Waals surface area contributed by atoms with Crippen LogP contribution in [0.15, 0.2) is 59.1 Å². The van der Waals surface area contributed by atoms with E-state index in [4.69, 9.17) is 23.8 Å². The van der Waals surface area contributed by atoms with Crippen LogP contribution in [0.3, 0.4) is 0 Å². The predicted octanol–water partition coefficient (Wildman–Crippen LogP) is 4.73. The lowest BCUT2D eigenvalue weighted by molar-refractivity contribution is -0.192. The molecule has 1 saturated heterocycles. The van der Waals surface area contributed by atoms with Gasteiger partial charge in [-0.3, -0.25) is 9.78 Å². The van der Waals surface area contributed by atoms with Crippen molar-refractivity contribution in [3.8, 4) is 40.0 Å². The summed E-state index contributed by atoms with van der Waals surface area (Å²) in [5.41, 5.74) is 4.61. The fourth-order valence-electron chi connectivity index (χ4n) is 4.00. The van der Waals surface area contributed by atoms with Gasteiger partial charge in [0.15, 0.2) is 5.58 Å². The Balaban J connectivity index is 0.000000517. The van der Waals surface area contributed by atoms with Crippen LogP contribution in [0.4, 0.5) is 13.2 Å². The van der Waals surface area contributed by atoms with Crippen LogP contribution >= 0.6 is 0 Å². The maximum absolute atomic E-state index is 12.4. The minimum absolute atomic E-state index is 0.0857. The first-order valence-corrected chi connectivity index (χ1v) is 12.4. The molecule has 42 heavy (non-hydrogen) atoms. The number of benzene rings is 2. The molecule has 0 radical (unpaired) electrons. The Kier molecular flexibility index (Phi) is 8.68. The summed E-state index contributed by atoms with van der Waals surface area (Å²) in [5, 5.41) is 20.0. The fraction of sp³-hybridized carbons (Fsp3) is 0.241. The minimum atomic E-state index is -5.08. The van der Waals surface area contributed by atoms with E-state index in [1.54, 1.807) is 45.6 Å². The van der Waals surface area contributed by atoms with Crippen molar-refractivity contribution in [2.45, 2.75) is 12.3 Å². The molecule has 0 atom stereocenters. The third-order valence-electron chi connectivity index (χ3n) is 6.22. The van der Waals surface area contributed by atoms with Crippen LogP contribution in [0.25, 0.3) is 33.6 Å². The Labute approximate surface area is 237 Å². The van der Waals surface area contributed by atoms with Crippen molar-refractivity contribution >= 4 is 23.0 Å². The topological polar surface area (TPSA) is 138 Å². The monoisotopic (exact) mass is 582 g/mol. The number of carboxylic acid groups (broad SMARTS) is 1. The van der Waals surface area contributed by atoms with Gasteiger partial charge >= 0.3 is 12.1 Å². The van der Waals surface area contributed by atoms with E-state index < -0.39 is 12.1 Å². The third kappa shape index (κ3) is 6.45. The van der Waals surface area contributed by atoms with Crippen molar-refractivity contribution < 1.29 is 41.8 Å². The lowest BCUT2D eigenvalue weighted by Gasteiger charge is -2.28. The molecule has 0 bridgehead atoms. The largest absolute Gasteiger partial charge is 0.496 e. The second-order valence-electron chi connectivity index (χ2n) is 9.32. The molecular formula is C29H25F3N4O6. The molecule has 4 aromatic rings. The standard InChI is InChI=1S/C27H24N4O4.C2HF3O2/c1-31(2)27(32)17-4-6-21(24(11-17)33-3)25-12-22-26(35-25)20(8-9-30-22)16-5-7-23(18(10-16)13-28)34-19-14-29-15-19;3-2(4,5)1(6)7/h4-12,19,29H,14-15H2,1-3H3;(H,6,7). The molecule has 13 heteroatoms. The smallest absolute Gasteiger partial charge is 0.490 e. The van der Waals surface area contributed by atoms with Crippen molar-refractivity contribution in [3.63, 3.8) is 0 Å². The summed E-state index contributed by atoms with van der Waals surface area (Å²) in [4.78, 5) is 27.2. The van der Waals surface area contributed by atoms with Gasteiger partial charge in [-0.25, -0.2) is 4.79 Å². The normalized spacial score (nSPS) is 12.9. The Bertz CT molecular complexity index is 1670. The zero-order valence-electron chi connectivity index (χ0n) is 22.7. The number of nitrogens with one attached hydrogen (secondary N) is 1. The van der Waals surface area contributed by atoms with E-state index >= 15 is 0 Å². The van der Waals surface area contributed by atoms with Crippen molar-refractivity contribution in [2.24, 2.45) is 0 Å². The Morgan fingerprint density at radius 3 is 2.38 bits per heavy atom. The highest BCUT2D eigenvalue weighted by Crippen LogP contribution is 2.38. The number of furan rings is 1. The fourth-order valence-corrected chi connectivity index (χ4v) is 4.00. The lowest BCUT2D eigenvalue weighted by atomic mass is 10.0. The average Bonchev–Trinajstić information content (AvgIpc) is 3.38. The number of hydrogen-bond donors (Lipinski definition) is 2. The van der Waals surface area contributed by atoms with E-state index in [-0.39, 0.29) is 12.0 Å². The summed E-state index contributed by atoms with van der Waals surface area (Å²) in [7, 11) is 4.97. The second-order valence-corrected chi connectivity index (χ2v) is 9.32. The number of aliphatic carboxylic acids is 1. The van der Waals surface area contributed by atoms with Crippen LogP contribution in [0.1, 0.15) is 15.9 Å². The van der Waals surface area contributed by atoms with Gasteiger partial charge in [-0.05, 0) is 42.0 Å². The molecule has 1 aliphatic rings. The molecule has 2 aromatic heterocycles. The number of rotatable bonds is 6. The van der Waals surface area contributed by atoms with Gasteiger partial charge in [0.05, 0.1) is 18.2 Å². The van der Waals surface area contributed by atoms with Crippen molar-refractivity contribution in [3.05, 3.63) is 65.9 Å². The number of carbonyl (C=O) groups excluding carboxylic acids is 1. The second kappa shape index (κ2) is 12.2. The van der Waals surface area contributed by atoms with Crippen LogP contribution in [0, 0.1) is 11.3 Å². The molecule has 1 aliphatic heterocycles. The number of methoxy groups -OCH3 is 1. The first-order chi connectivity index (χ1) is 19.9. The predicted molar refractivity (Wildman–Crippen MR) is 145 cm³/mol. The number of amides is 1. The van der Waals surface area contributed by atoms with E-state index in [1.807, 2.05) is 30.3 Å². The molecule has 0 spiro atoms. The van der Waals surface area contributed by atoms with Crippen molar-refractivity contribution in [2.75, 3.05) is 34.3 Å². The molecule has 0 aliphatic carbocycles. The van der Waals surface area contributed by atoms with Gasteiger partial charge in [-0.2, -0.15) is 18.4 Å². The molecule has 2 aromatic carbocycles. The highest BCUT2D eigenvalue weighted by Gasteiger charge is 2.38. The number of nitriles is 1. The Morgan fingerprint density at radius 2 is 1.81 bits per heavy atom. The van der Waals surface area contributed by atoms with E-state index in [0.717, 1.165) is 24.2 Å². The highest BCUT2D eigenvalue weighted by molar-refractivity contribution is 5.96. The number of fused-ring (bicyclic) bond motifs is 1. The van der Waals surface area contributed by atoms with Crippen molar-refractivity contribution in [1.82, 2.24) is 15.2 Å². The van der Waals surface area contributed by atoms with Gasteiger partial charge in [0.1, 0.15) is 34.9 Å². The summed E-state index contributed by atoms with van der Waals surface area (Å²) < 4.78 is 49.5. The molecular weight excluding hydrogens is 557 g/mol. The number of pyridine rings is 1. The zero-order valence-corrected chi connectivity index (χ0v) is 22.7. The summed E-state index contributed by atoms with van der Waals surface area (Å²) in [6.07, 6.45) is -3.29. The molecule has 5 rings (SSSR count). The number of hydrogen-bond acceptors (Lipinski definition) is 8. The molecule has 10 nitrogen and oxygen atoms in total. The number of carboxylic acids is 1. The van der Waals surface area contributed by atoms with Crippen LogP contribution in [0.2, 0.25) is 0 Å². The SMILES string of the molecule is COc1cc(C(=O)N(C)C)ccc1-c1cc2nccc(-c3ccc(OC4CNC4)c(C#N)c3)c2o1.O=C(O)C(F)(F)F. The summed E-state index contributed by atoms with van der Waals surface area (Å²) >= 11 is 0. The third-order valence-corrected chi connectivity index (χ3v) is 6.22. The molecule has 2 N–H and O–H groups in total. The molecule has 1 fully saturated rings. The molecule has 1 amide bonds. The van der Waals surface area contributed by atoms with E-state index in [1.165, 1.54) is 4.90 Å². The number of carbonyl (C=O) groups is 2. The molecule has 0 saturated carbocycles. The summed E-state index contributed by atoms with van der Waals surface area (Å²) in [5.74, 6) is -1.20. The van der Waals surface area contributed by atoms with Crippen LogP contribution in [-0.4, -0.2) is 73.4 Å². The molecule has 218 valence electrons. The number of alkyl halides is 3. The van der Waals surface area contributed by atoms with Gasteiger partial charge in [0, 0.05) is 50.6 Å². The zero-order chi connectivity index (χ0) is 30.6. The van der Waals surface area contributed by atoms with Gasteiger partial charge in [0.25, 0.3) is 5.91 Å². The minimum Gasteiger partial charge on any atom is -0.496 e. The van der Waals surface area contributed by atoms with Gasteiger partial charge in [-0.15, -0.1) is 0 Å². The van der Waals surface area contributed by atoms with Crippen LogP contribution in [0.5, 0.6) is 11.5 Å². The Hall–Kier alpha value is -5.09. The number of nitrogens with zero attached hydrogens (tertiary/aromatic N) is 3. The highest BCUT2D eigenvalue weighted by atomic mass is 19.4. The van der Waals surface area contributed by atoms with E-state index in [2.05, 4.69) is 16.4 Å². The van der Waals surface area contributed by atoms with E-state index in [9.17, 15) is 23.2 Å². The quantitative estimate of drug-likeness (QED) is 0.331. The maximum Gasteiger partial charge on any atom is 0.490 e. The summed E-state index contributed by atoms with van der Waals surface area (Å²) in [6, 6.07) is 16.7. The number of ether oxygens (including phenoxy) is 2. The number of aromatic nitrogens is 1. The summed E-state index contributed by atoms with van der Waals surface area (Å²) in [6.45, 7) is 1.56. The van der Waals surface area contributed by atoms with Crippen LogP contribution < -0.4 is 14.8 Å². The lowest BCUT2D eigenvalue weighted by Crippen LogP contribution is -2.50. The first kappa shape index (κ1) is 29.9. The molecule has 0 unspecified atom stereocenters. The Morgan fingerprint density at radius 1 is 1.10 bits per heavy atom. The van der Waals surface area contributed by atoms with E-state index in [0.29, 0.717) is 45.0 Å². The first-order valence-electron chi connectivity index (χ1n) is 12.4. The maximum atomic E-state index is 12.4. The average molecular weight is 583 g/mol. The molecule has 3 heterocycles. The van der Waals surface area contributed by atoms with Gasteiger partial charge < -0.3 is 29.2 Å². The number of halogens is 3. The van der Waals surface area contributed by atoms with Crippen molar-refractivity contribution in [1.29, 1.82) is 5.26 Å².